The van der Waals surface area contributed by atoms with Crippen molar-refractivity contribution in [1.29, 1.82) is 0 Å². The van der Waals surface area contributed by atoms with Crippen molar-refractivity contribution < 1.29 is 4.74 Å². The number of hydrogen-bond acceptors (Lipinski definition) is 3. The van der Waals surface area contributed by atoms with Crippen LogP contribution in [0.3, 0.4) is 0 Å². The summed E-state index contributed by atoms with van der Waals surface area (Å²) in [5, 5.41) is 13.3. The number of imidazole rings is 1. The molecular weight excluding hydrogens is 294 g/mol. The summed E-state index contributed by atoms with van der Waals surface area (Å²) in [4.78, 5) is 8.85. The number of rotatable bonds is 2. The van der Waals surface area contributed by atoms with E-state index in [-0.39, 0.29) is 0 Å². The van der Waals surface area contributed by atoms with E-state index >= 15 is 0 Å². The Kier molecular flexibility index (Phi) is 3.53. The van der Waals surface area contributed by atoms with Crippen molar-refractivity contribution in [3.05, 3.63) is 46.9 Å². The van der Waals surface area contributed by atoms with Crippen molar-refractivity contribution in [3.8, 4) is 10.7 Å². The molecule has 0 radical (unpaired) electrons. The summed E-state index contributed by atoms with van der Waals surface area (Å²) in [5.41, 5.74) is 1.40. The van der Waals surface area contributed by atoms with Gasteiger partial charge in [-0.25, -0.2) is 9.72 Å². The van der Waals surface area contributed by atoms with Crippen LogP contribution in [0.4, 0.5) is 0 Å². The molecule has 4 nitrogen and oxygen atoms in total. The highest BCUT2D eigenvalue weighted by atomic mass is 32.1. The van der Waals surface area contributed by atoms with E-state index in [0.29, 0.717) is 5.69 Å². The molecule has 5 heteroatoms. The average Bonchev–Trinajstić information content (AvgIpc) is 3.03. The first-order chi connectivity index (χ1) is 10.4. The Labute approximate surface area is 133 Å². The Morgan fingerprint density at radius 2 is 2.00 bits per heavy atom. The number of H-pyrrole nitrogens is 1. The van der Waals surface area contributed by atoms with Crippen LogP contribution in [0, 0.1) is 12.1 Å². The molecule has 3 rings (SSSR count). The van der Waals surface area contributed by atoms with Gasteiger partial charge in [-0.15, -0.1) is 11.3 Å². The third kappa shape index (κ3) is 2.64. The highest BCUT2D eigenvalue weighted by Gasteiger charge is 2.19. The van der Waals surface area contributed by atoms with Crippen molar-refractivity contribution in [2.75, 3.05) is 0 Å². The molecule has 0 aliphatic heterocycles. The summed E-state index contributed by atoms with van der Waals surface area (Å²) in [7, 11) is 0. The molecule has 0 bridgehead atoms. The fourth-order valence-corrected chi connectivity index (χ4v) is 3.39. The Bertz CT molecular complexity index is 852. The number of benzene rings is 1. The maximum Gasteiger partial charge on any atom is 0.202 e. The number of hydroxylamine groups is 1. The molecule has 3 aromatic rings. The molecule has 22 heavy (non-hydrogen) atoms. The Morgan fingerprint density at radius 3 is 2.68 bits per heavy atom. The van der Waals surface area contributed by atoms with Crippen LogP contribution in [0.1, 0.15) is 32.0 Å². The molecule has 2 heterocycles. The van der Waals surface area contributed by atoms with Crippen LogP contribution in [-0.4, -0.2) is 26.5 Å². The van der Waals surface area contributed by atoms with E-state index in [2.05, 4.69) is 29.0 Å². The van der Waals surface area contributed by atoms with Crippen molar-refractivity contribution in [2.45, 2.75) is 33.2 Å². The van der Waals surface area contributed by atoms with Crippen molar-refractivity contribution >= 4 is 27.6 Å². The van der Waals surface area contributed by atoms with Crippen molar-refractivity contribution in [1.82, 2.24) is 9.97 Å². The smallest absolute Gasteiger partial charge is 0.202 e. The first-order valence-corrected chi connectivity index (χ1v) is 8.03. The van der Waals surface area contributed by atoms with Gasteiger partial charge in [-0.3, -0.25) is 0 Å². The SMILES string of the molecule is Cc1c(-c2nc(/C=[N+](\[O-])C(C)(C)C)c[nH]2)sc2ccccc12. The maximum absolute atomic E-state index is 12.0. The largest absolute Gasteiger partial charge is 0.623 e. The van der Waals surface area contributed by atoms with Crippen LogP contribution >= 0.6 is 11.3 Å². The third-order valence-corrected chi connectivity index (χ3v) is 4.85. The monoisotopic (exact) mass is 313 g/mol. The molecule has 0 aliphatic rings. The van der Waals surface area contributed by atoms with E-state index in [1.54, 1.807) is 17.5 Å². The summed E-state index contributed by atoms with van der Waals surface area (Å²) in [6.07, 6.45) is 3.30. The number of nitrogens with zero attached hydrogens (tertiary/aromatic N) is 2. The second-order valence-electron chi connectivity index (χ2n) is 6.35. The second kappa shape index (κ2) is 5.25. The molecule has 1 aromatic carbocycles. The van der Waals surface area contributed by atoms with Crippen LogP contribution in [0.5, 0.6) is 0 Å². The topological polar surface area (TPSA) is 54.8 Å². The predicted octanol–water partition coefficient (Wildman–Crippen LogP) is 4.33. The highest BCUT2D eigenvalue weighted by Crippen LogP contribution is 2.36. The van der Waals surface area contributed by atoms with Gasteiger partial charge in [0.25, 0.3) is 0 Å². The van der Waals surface area contributed by atoms with E-state index in [0.717, 1.165) is 15.4 Å². The van der Waals surface area contributed by atoms with Crippen LogP contribution in [0.15, 0.2) is 30.5 Å². The van der Waals surface area contributed by atoms with Crippen molar-refractivity contribution in [2.24, 2.45) is 0 Å². The van der Waals surface area contributed by atoms with Crippen LogP contribution in [0.2, 0.25) is 0 Å². The Balaban J connectivity index is 2.01. The minimum absolute atomic E-state index is 0.466. The lowest BCUT2D eigenvalue weighted by Gasteiger charge is -2.17. The number of aromatic nitrogens is 2. The number of fused-ring (bicyclic) bond motifs is 1. The first-order valence-electron chi connectivity index (χ1n) is 7.21. The van der Waals surface area contributed by atoms with E-state index in [1.807, 2.05) is 32.9 Å². The molecule has 2 aromatic heterocycles. The van der Waals surface area contributed by atoms with Crippen LogP contribution in [-0.2, 0) is 0 Å². The van der Waals surface area contributed by atoms with E-state index in [9.17, 15) is 5.21 Å². The lowest BCUT2D eigenvalue weighted by atomic mass is 10.1. The molecule has 0 spiro atoms. The molecule has 0 atom stereocenters. The summed E-state index contributed by atoms with van der Waals surface area (Å²) in [5.74, 6) is 0.812. The van der Waals surface area contributed by atoms with Gasteiger partial charge in [0.2, 0.25) is 6.21 Å². The Morgan fingerprint density at radius 1 is 1.27 bits per heavy atom. The van der Waals surface area contributed by atoms with E-state index in [4.69, 9.17) is 0 Å². The summed E-state index contributed by atoms with van der Waals surface area (Å²) in [6.45, 7) is 7.73. The first kappa shape index (κ1) is 14.8. The third-order valence-electron chi connectivity index (χ3n) is 3.57. The molecule has 0 aliphatic carbocycles. The molecule has 0 amide bonds. The average molecular weight is 313 g/mol. The van der Waals surface area contributed by atoms with Crippen molar-refractivity contribution in [3.63, 3.8) is 0 Å². The minimum Gasteiger partial charge on any atom is -0.623 e. The van der Waals surface area contributed by atoms with Crippen LogP contribution < -0.4 is 0 Å². The predicted molar refractivity (Wildman–Crippen MR) is 92.7 cm³/mol. The summed E-state index contributed by atoms with van der Waals surface area (Å²) in [6, 6.07) is 8.33. The molecular formula is C17H19N3OS. The molecule has 114 valence electrons. The number of aromatic amines is 1. The standard InChI is InChI=1S/C17H19N3OS/c1-11-13-7-5-6-8-14(13)22-15(11)16-18-9-12(19-16)10-20(21)17(2,3)4/h5-10H,1-4H3,(H,18,19)/b20-10-. The van der Waals surface area contributed by atoms with Gasteiger partial charge in [0.1, 0.15) is 11.5 Å². The molecule has 0 unspecified atom stereocenters. The highest BCUT2D eigenvalue weighted by molar-refractivity contribution is 7.22. The zero-order valence-electron chi connectivity index (χ0n) is 13.2. The minimum atomic E-state index is -0.466. The Hall–Kier alpha value is -2.14. The maximum atomic E-state index is 12.0. The number of nitrogens with one attached hydrogen (secondary N) is 1. The van der Waals surface area contributed by atoms with E-state index < -0.39 is 5.54 Å². The number of hydrogen-bond donors (Lipinski definition) is 1. The van der Waals surface area contributed by atoms with Gasteiger partial charge < -0.3 is 10.2 Å². The van der Waals surface area contributed by atoms with Gasteiger partial charge in [-0.2, -0.15) is 0 Å². The summed E-state index contributed by atoms with van der Waals surface area (Å²) >= 11 is 1.72. The molecule has 0 saturated heterocycles. The van der Waals surface area contributed by atoms with Gasteiger partial charge in [0.05, 0.1) is 4.88 Å². The lowest BCUT2D eigenvalue weighted by molar-refractivity contribution is -0.530. The fourth-order valence-electron chi connectivity index (χ4n) is 2.23. The van der Waals surface area contributed by atoms with Crippen LogP contribution in [0.25, 0.3) is 20.8 Å². The fraction of sp³-hybridized carbons (Fsp3) is 0.294. The summed E-state index contributed by atoms with van der Waals surface area (Å²) < 4.78 is 2.18. The second-order valence-corrected chi connectivity index (χ2v) is 7.40. The zero-order chi connectivity index (χ0) is 15.9. The van der Waals surface area contributed by atoms with Gasteiger partial charge in [-0.1, -0.05) is 18.2 Å². The quantitative estimate of drug-likeness (QED) is 0.331. The normalized spacial score (nSPS) is 13.0. The van der Waals surface area contributed by atoms with Gasteiger partial charge in [-0.05, 0) is 23.9 Å². The van der Waals surface area contributed by atoms with Gasteiger partial charge in [0.15, 0.2) is 5.54 Å². The number of thiophene rings is 1. The molecule has 0 saturated carbocycles. The van der Waals surface area contributed by atoms with E-state index in [1.165, 1.54) is 21.9 Å². The van der Waals surface area contributed by atoms with Gasteiger partial charge >= 0.3 is 0 Å². The zero-order valence-corrected chi connectivity index (χ0v) is 14.0. The number of aryl methyl sites for hydroxylation is 1. The molecule has 1 N–H and O–H groups in total. The molecule has 0 fully saturated rings. The van der Waals surface area contributed by atoms with Gasteiger partial charge in [0, 0.05) is 31.7 Å². The lowest BCUT2D eigenvalue weighted by Crippen LogP contribution is -2.29.